The first-order valence-corrected chi connectivity index (χ1v) is 5.00. The van der Waals surface area contributed by atoms with E-state index in [4.69, 9.17) is 5.26 Å². The van der Waals surface area contributed by atoms with Crippen LogP contribution in [0.2, 0.25) is 0 Å². The van der Waals surface area contributed by atoms with Crippen LogP contribution in [-0.4, -0.2) is 5.78 Å². The summed E-state index contributed by atoms with van der Waals surface area (Å²) in [5, 5.41) is 8.26. The number of hydrogen-bond acceptors (Lipinski definition) is 3. The minimum Gasteiger partial charge on any atom is -0.293 e. The van der Waals surface area contributed by atoms with Crippen LogP contribution in [0.3, 0.4) is 0 Å². The molecule has 12 heavy (non-hydrogen) atoms. The fourth-order valence-electron chi connectivity index (χ4n) is 0.757. The zero-order valence-electron chi connectivity index (χ0n) is 6.21. The van der Waals surface area contributed by atoms with Crippen molar-refractivity contribution < 1.29 is 4.79 Å². The number of nitriles is 1. The van der Waals surface area contributed by atoms with Crippen LogP contribution in [0.5, 0.6) is 0 Å². The monoisotopic (exact) mass is 243 g/mol. The van der Waals surface area contributed by atoms with E-state index >= 15 is 0 Å². The first-order chi connectivity index (χ1) is 5.74. The van der Waals surface area contributed by atoms with Crippen molar-refractivity contribution in [2.45, 2.75) is 12.8 Å². The minimum absolute atomic E-state index is 0.0484. The Balaban J connectivity index is 2.61. The summed E-state index contributed by atoms with van der Waals surface area (Å²) in [7, 11) is 0. The molecule has 0 aromatic carbocycles. The Kier molecular flexibility index (Phi) is 3.45. The second-order valence-corrected chi connectivity index (χ2v) is 4.65. The van der Waals surface area contributed by atoms with Gasteiger partial charge in [-0.1, -0.05) is 0 Å². The molecule has 1 heterocycles. The van der Waals surface area contributed by atoms with Gasteiger partial charge in [-0.2, -0.15) is 5.26 Å². The molecular weight excluding hydrogens is 238 g/mol. The van der Waals surface area contributed by atoms with E-state index in [1.807, 2.05) is 12.1 Å². The van der Waals surface area contributed by atoms with Crippen molar-refractivity contribution in [2.24, 2.45) is 0 Å². The third-order valence-corrected chi connectivity index (χ3v) is 2.98. The van der Waals surface area contributed by atoms with Gasteiger partial charge < -0.3 is 0 Å². The van der Waals surface area contributed by atoms with Gasteiger partial charge in [-0.05, 0) is 28.1 Å². The van der Waals surface area contributed by atoms with E-state index in [0.29, 0.717) is 12.8 Å². The minimum atomic E-state index is 0.0484. The molecule has 0 radical (unpaired) electrons. The first kappa shape index (κ1) is 9.43. The lowest BCUT2D eigenvalue weighted by Gasteiger charge is -1.89. The third-order valence-electron chi connectivity index (χ3n) is 1.31. The summed E-state index contributed by atoms with van der Waals surface area (Å²) in [4.78, 5) is 12.0. The Labute approximate surface area is 83.0 Å². The Bertz CT molecular complexity index is 326. The second kappa shape index (κ2) is 4.39. The zero-order valence-corrected chi connectivity index (χ0v) is 8.61. The number of Topliss-reactive ketones (excluding diaryl/α,β-unsaturated/α-hetero) is 1. The van der Waals surface area contributed by atoms with E-state index in [0.717, 1.165) is 8.66 Å². The molecule has 0 spiro atoms. The molecule has 0 aliphatic heterocycles. The van der Waals surface area contributed by atoms with Gasteiger partial charge in [0.2, 0.25) is 0 Å². The van der Waals surface area contributed by atoms with Crippen molar-refractivity contribution in [2.75, 3.05) is 0 Å². The smallest absolute Gasteiger partial charge is 0.173 e. The van der Waals surface area contributed by atoms with E-state index in [9.17, 15) is 4.79 Å². The molecule has 0 aliphatic carbocycles. The molecule has 4 heteroatoms. The van der Waals surface area contributed by atoms with Crippen LogP contribution in [-0.2, 0) is 0 Å². The number of ketones is 1. The molecule has 0 amide bonds. The summed E-state index contributed by atoms with van der Waals surface area (Å²) in [5.74, 6) is 0.0484. The van der Waals surface area contributed by atoms with E-state index < -0.39 is 0 Å². The summed E-state index contributed by atoms with van der Waals surface area (Å²) >= 11 is 4.67. The quantitative estimate of drug-likeness (QED) is 0.767. The molecule has 0 N–H and O–H groups in total. The van der Waals surface area contributed by atoms with E-state index in [1.165, 1.54) is 11.3 Å². The van der Waals surface area contributed by atoms with Crippen molar-refractivity contribution in [3.63, 3.8) is 0 Å². The topological polar surface area (TPSA) is 40.9 Å². The molecule has 0 saturated carbocycles. The number of nitrogens with zero attached hydrogens (tertiary/aromatic N) is 1. The number of halogens is 1. The van der Waals surface area contributed by atoms with Crippen LogP contribution in [0, 0.1) is 11.3 Å². The molecule has 0 unspecified atom stereocenters. The molecule has 0 saturated heterocycles. The zero-order chi connectivity index (χ0) is 8.97. The highest BCUT2D eigenvalue weighted by atomic mass is 79.9. The highest BCUT2D eigenvalue weighted by molar-refractivity contribution is 9.11. The fourth-order valence-corrected chi connectivity index (χ4v) is 2.11. The summed E-state index contributed by atoms with van der Waals surface area (Å²) in [6.07, 6.45) is 0.623. The Morgan fingerprint density at radius 1 is 1.67 bits per heavy atom. The van der Waals surface area contributed by atoms with Crippen LogP contribution >= 0.6 is 27.3 Å². The van der Waals surface area contributed by atoms with Gasteiger partial charge in [0.15, 0.2) is 5.78 Å². The lowest BCUT2D eigenvalue weighted by molar-refractivity contribution is 0.0988. The molecule has 1 aromatic heterocycles. The van der Waals surface area contributed by atoms with Crippen molar-refractivity contribution >= 4 is 33.0 Å². The van der Waals surface area contributed by atoms with Gasteiger partial charge in [-0.3, -0.25) is 4.79 Å². The van der Waals surface area contributed by atoms with Gasteiger partial charge >= 0.3 is 0 Å². The number of rotatable bonds is 3. The fraction of sp³-hybridized carbons (Fsp3) is 0.250. The van der Waals surface area contributed by atoms with E-state index in [-0.39, 0.29) is 5.78 Å². The van der Waals surface area contributed by atoms with Gasteiger partial charge in [-0.25, -0.2) is 0 Å². The van der Waals surface area contributed by atoms with Crippen molar-refractivity contribution in [3.05, 3.63) is 20.8 Å². The number of hydrogen-bond donors (Lipinski definition) is 0. The molecule has 62 valence electrons. The van der Waals surface area contributed by atoms with Crippen molar-refractivity contribution in [1.29, 1.82) is 5.26 Å². The maximum absolute atomic E-state index is 11.3. The number of carbonyl (C=O) groups excluding carboxylic acids is 1. The second-order valence-electron chi connectivity index (χ2n) is 2.19. The van der Waals surface area contributed by atoms with Gasteiger partial charge in [0.25, 0.3) is 0 Å². The molecule has 1 rings (SSSR count). The highest BCUT2D eigenvalue weighted by Crippen LogP contribution is 2.23. The SMILES string of the molecule is N#CCCC(=O)c1ccc(Br)s1. The summed E-state index contributed by atoms with van der Waals surface area (Å²) in [6, 6.07) is 5.56. The van der Waals surface area contributed by atoms with Crippen LogP contribution < -0.4 is 0 Å². The molecular formula is C8H6BrNOS. The van der Waals surface area contributed by atoms with Crippen LogP contribution in [0.25, 0.3) is 0 Å². The van der Waals surface area contributed by atoms with Crippen molar-refractivity contribution in [3.8, 4) is 6.07 Å². The maximum Gasteiger partial charge on any atom is 0.173 e. The van der Waals surface area contributed by atoms with Crippen LogP contribution in [0.4, 0.5) is 0 Å². The first-order valence-electron chi connectivity index (χ1n) is 3.39. The molecule has 0 aliphatic rings. The predicted octanol–water partition coefficient (Wildman–Crippen LogP) is 3.00. The van der Waals surface area contributed by atoms with E-state index in [2.05, 4.69) is 15.9 Å². The van der Waals surface area contributed by atoms with Crippen LogP contribution in [0.15, 0.2) is 15.9 Å². The number of carbonyl (C=O) groups is 1. The van der Waals surface area contributed by atoms with Gasteiger partial charge in [0, 0.05) is 12.8 Å². The Morgan fingerprint density at radius 2 is 2.42 bits per heavy atom. The van der Waals surface area contributed by atoms with Gasteiger partial charge in [0.05, 0.1) is 14.7 Å². The maximum atomic E-state index is 11.3. The molecule has 0 bridgehead atoms. The van der Waals surface area contributed by atoms with Crippen molar-refractivity contribution in [1.82, 2.24) is 0 Å². The molecule has 2 nitrogen and oxygen atoms in total. The highest BCUT2D eigenvalue weighted by Gasteiger charge is 2.07. The molecule has 1 aromatic rings. The van der Waals surface area contributed by atoms with Gasteiger partial charge in [-0.15, -0.1) is 11.3 Å². The lowest BCUT2D eigenvalue weighted by Crippen LogP contribution is -1.93. The molecule has 0 fully saturated rings. The predicted molar refractivity (Wildman–Crippen MR) is 51.2 cm³/mol. The third kappa shape index (κ3) is 2.43. The molecule has 0 atom stereocenters. The summed E-state index contributed by atoms with van der Waals surface area (Å²) < 4.78 is 0.947. The van der Waals surface area contributed by atoms with E-state index in [1.54, 1.807) is 6.07 Å². The average molecular weight is 244 g/mol. The largest absolute Gasteiger partial charge is 0.293 e. The van der Waals surface area contributed by atoms with Crippen LogP contribution in [0.1, 0.15) is 22.5 Å². The standard InChI is InChI=1S/C8H6BrNOS/c9-8-4-3-7(12-8)6(11)2-1-5-10/h3-4H,1-2H2. The summed E-state index contributed by atoms with van der Waals surface area (Å²) in [5.41, 5.74) is 0. The van der Waals surface area contributed by atoms with Gasteiger partial charge in [0.1, 0.15) is 0 Å². The number of thiophene rings is 1. The average Bonchev–Trinajstić information content (AvgIpc) is 2.47. The normalized spacial score (nSPS) is 9.33. The Morgan fingerprint density at radius 3 is 2.92 bits per heavy atom. The Hall–Kier alpha value is -0.660. The lowest BCUT2D eigenvalue weighted by atomic mass is 10.2. The summed E-state index contributed by atoms with van der Waals surface area (Å²) in [6.45, 7) is 0.